The van der Waals surface area contributed by atoms with Gasteiger partial charge in [-0.05, 0) is 34.3 Å². The summed E-state index contributed by atoms with van der Waals surface area (Å²) in [5.41, 5.74) is 0.655. The molecule has 1 nitrogen and oxygen atoms in total. The third-order valence-electron chi connectivity index (χ3n) is 7.05. The van der Waals surface area contributed by atoms with Crippen LogP contribution in [0.25, 0.3) is 0 Å². The van der Waals surface area contributed by atoms with E-state index in [1.165, 1.54) is 25.3 Å². The summed E-state index contributed by atoms with van der Waals surface area (Å²) in [6.45, 7) is 20.7. The van der Waals surface area contributed by atoms with Crippen LogP contribution in [0.1, 0.15) is 74.7 Å². The van der Waals surface area contributed by atoms with E-state index >= 15 is 0 Å². The normalized spacial score (nSPS) is 24.3. The van der Waals surface area contributed by atoms with Crippen molar-refractivity contribution in [3.8, 4) is 0 Å². The topological polar surface area (TPSA) is 9.23 Å². The molecule has 1 aliphatic heterocycles. The molecule has 0 saturated carbocycles. The Hall–Kier alpha value is 0.177. The number of hydrogen-bond acceptors (Lipinski definition) is 1. The fourth-order valence-corrected chi connectivity index (χ4v) is 7.26. The van der Waals surface area contributed by atoms with Crippen LogP contribution in [0.3, 0.4) is 0 Å². The molecule has 1 saturated heterocycles. The number of hydrogen-bond donors (Lipinski definition) is 0. The van der Waals surface area contributed by atoms with Crippen molar-refractivity contribution in [1.29, 1.82) is 0 Å². The van der Waals surface area contributed by atoms with Gasteiger partial charge in [0.1, 0.15) is 0 Å². The molecule has 0 spiro atoms. The van der Waals surface area contributed by atoms with Crippen LogP contribution in [0.15, 0.2) is 0 Å². The molecule has 0 aliphatic carbocycles. The molecule has 19 heavy (non-hydrogen) atoms. The highest BCUT2D eigenvalue weighted by Crippen LogP contribution is 2.61. The predicted octanol–water partition coefficient (Wildman–Crippen LogP) is 5.40. The van der Waals surface area contributed by atoms with E-state index in [2.05, 4.69) is 55.4 Å². The Morgan fingerprint density at radius 2 is 1.63 bits per heavy atom. The zero-order chi connectivity index (χ0) is 14.9. The molecule has 0 bridgehead atoms. The van der Waals surface area contributed by atoms with Gasteiger partial charge < -0.3 is 4.43 Å². The Kier molecular flexibility index (Phi) is 5.34. The molecule has 0 amide bonds. The van der Waals surface area contributed by atoms with Crippen molar-refractivity contribution < 1.29 is 4.43 Å². The Morgan fingerprint density at radius 3 is 2.05 bits per heavy atom. The molecular weight excluding hydrogens is 248 g/mol. The molecule has 1 aliphatic rings. The van der Waals surface area contributed by atoms with E-state index < -0.39 is 9.04 Å². The highest BCUT2D eigenvalue weighted by Gasteiger charge is 2.54. The minimum absolute atomic E-state index is 0.309. The van der Waals surface area contributed by atoms with E-state index in [0.29, 0.717) is 15.9 Å². The van der Waals surface area contributed by atoms with Crippen LogP contribution < -0.4 is 0 Å². The molecule has 0 aromatic heterocycles. The molecule has 2 heteroatoms. The summed E-state index contributed by atoms with van der Waals surface area (Å²) < 4.78 is 6.28. The van der Waals surface area contributed by atoms with E-state index in [1.54, 1.807) is 0 Å². The summed E-state index contributed by atoms with van der Waals surface area (Å²) in [5, 5.41) is 0.348. The Labute approximate surface area is 123 Å². The Bertz CT molecular complexity index is 288. The monoisotopic (exact) mass is 284 g/mol. The van der Waals surface area contributed by atoms with Crippen molar-refractivity contribution in [1.82, 2.24) is 0 Å². The molecule has 2 atom stereocenters. The van der Waals surface area contributed by atoms with Crippen LogP contribution in [0.5, 0.6) is 0 Å². The van der Waals surface area contributed by atoms with Crippen LogP contribution in [0, 0.1) is 16.7 Å². The molecular formula is C17H36OSi. The summed E-state index contributed by atoms with van der Waals surface area (Å²) in [5.74, 6) is 0.749. The summed E-state index contributed by atoms with van der Waals surface area (Å²) in [6, 6.07) is 1.37. The molecule has 1 fully saturated rings. The van der Waals surface area contributed by atoms with E-state index in [0.717, 1.165) is 12.5 Å². The van der Waals surface area contributed by atoms with Crippen molar-refractivity contribution in [3.63, 3.8) is 0 Å². The van der Waals surface area contributed by atoms with Gasteiger partial charge in [-0.1, -0.05) is 68.2 Å². The van der Waals surface area contributed by atoms with Gasteiger partial charge in [-0.15, -0.1) is 0 Å². The van der Waals surface area contributed by atoms with Crippen molar-refractivity contribution in [2.75, 3.05) is 6.61 Å². The van der Waals surface area contributed by atoms with Gasteiger partial charge in [0.2, 0.25) is 0 Å². The maximum Gasteiger partial charge on any atom is 0.183 e. The van der Waals surface area contributed by atoms with Crippen LogP contribution in [0.2, 0.25) is 11.1 Å². The summed E-state index contributed by atoms with van der Waals surface area (Å²) in [4.78, 5) is 0. The van der Waals surface area contributed by atoms with Gasteiger partial charge in [0.15, 0.2) is 9.04 Å². The third-order valence-corrected chi connectivity index (χ3v) is 11.0. The predicted molar refractivity (Wildman–Crippen MR) is 88.2 cm³/mol. The lowest BCUT2D eigenvalue weighted by molar-refractivity contribution is 0.00352. The average Bonchev–Trinajstić information content (AvgIpc) is 2.38. The lowest BCUT2D eigenvalue weighted by atomic mass is 9.56. The molecule has 0 aromatic rings. The van der Waals surface area contributed by atoms with Gasteiger partial charge in [-0.25, -0.2) is 0 Å². The van der Waals surface area contributed by atoms with Gasteiger partial charge in [-0.3, -0.25) is 0 Å². The first-order valence-electron chi connectivity index (χ1n) is 8.20. The smallest absolute Gasteiger partial charge is 0.183 e. The van der Waals surface area contributed by atoms with Crippen LogP contribution in [-0.2, 0) is 4.43 Å². The summed E-state index contributed by atoms with van der Waals surface area (Å²) in [6.07, 6.45) is 3.93. The molecule has 2 unspecified atom stereocenters. The first-order valence-corrected chi connectivity index (χ1v) is 10.1. The van der Waals surface area contributed by atoms with Gasteiger partial charge in [0, 0.05) is 6.61 Å². The SMILES string of the molecule is CCC(C)C(C)(C)C(C)(C)C(C)(C)[SiH]1CCCCO1. The minimum Gasteiger partial charge on any atom is -0.419 e. The van der Waals surface area contributed by atoms with Crippen LogP contribution >= 0.6 is 0 Å². The quantitative estimate of drug-likeness (QED) is 0.614. The molecule has 1 heterocycles. The second-order valence-electron chi connectivity index (χ2n) is 8.23. The minimum atomic E-state index is -1.11. The molecule has 0 aromatic carbocycles. The van der Waals surface area contributed by atoms with Crippen LogP contribution in [-0.4, -0.2) is 15.6 Å². The third kappa shape index (κ3) is 2.95. The van der Waals surface area contributed by atoms with Crippen molar-refractivity contribution in [3.05, 3.63) is 0 Å². The Morgan fingerprint density at radius 1 is 1.05 bits per heavy atom. The summed E-state index contributed by atoms with van der Waals surface area (Å²) in [7, 11) is -1.11. The average molecular weight is 285 g/mol. The fraction of sp³-hybridized carbons (Fsp3) is 1.00. The van der Waals surface area contributed by atoms with E-state index in [-0.39, 0.29) is 0 Å². The summed E-state index contributed by atoms with van der Waals surface area (Å²) >= 11 is 0. The molecule has 0 radical (unpaired) electrons. The molecule has 1 rings (SSSR count). The van der Waals surface area contributed by atoms with E-state index in [4.69, 9.17) is 4.43 Å². The van der Waals surface area contributed by atoms with Gasteiger partial charge >= 0.3 is 0 Å². The van der Waals surface area contributed by atoms with E-state index in [1.807, 2.05) is 0 Å². The highest BCUT2D eigenvalue weighted by molar-refractivity contribution is 6.55. The van der Waals surface area contributed by atoms with Crippen LogP contribution in [0.4, 0.5) is 0 Å². The first-order chi connectivity index (χ1) is 8.59. The second kappa shape index (κ2) is 5.89. The second-order valence-corrected chi connectivity index (χ2v) is 11.6. The maximum absolute atomic E-state index is 6.28. The fourth-order valence-electron chi connectivity index (χ4n) is 3.67. The number of rotatable bonds is 5. The Balaban J connectivity index is 3.01. The van der Waals surface area contributed by atoms with Gasteiger partial charge in [0.25, 0.3) is 0 Å². The van der Waals surface area contributed by atoms with Gasteiger partial charge in [0.05, 0.1) is 0 Å². The zero-order valence-electron chi connectivity index (χ0n) is 14.6. The highest BCUT2D eigenvalue weighted by atomic mass is 28.3. The van der Waals surface area contributed by atoms with Gasteiger partial charge in [-0.2, -0.15) is 0 Å². The first kappa shape index (κ1) is 17.2. The maximum atomic E-state index is 6.28. The van der Waals surface area contributed by atoms with Crippen molar-refractivity contribution in [2.24, 2.45) is 16.7 Å². The zero-order valence-corrected chi connectivity index (χ0v) is 15.8. The molecule has 0 N–H and O–H groups in total. The van der Waals surface area contributed by atoms with Crippen molar-refractivity contribution >= 4 is 9.04 Å². The lowest BCUT2D eigenvalue weighted by Gasteiger charge is -2.57. The van der Waals surface area contributed by atoms with Crippen molar-refractivity contribution in [2.45, 2.75) is 85.7 Å². The lowest BCUT2D eigenvalue weighted by Crippen LogP contribution is -2.51. The van der Waals surface area contributed by atoms with E-state index in [9.17, 15) is 0 Å². The standard InChI is InChI=1S/C17H36OSi/c1-9-14(2)15(3,4)16(5,6)17(7,8)19-13-11-10-12-18-19/h14,19H,9-13H2,1-8H3. The molecule has 114 valence electrons. The largest absolute Gasteiger partial charge is 0.419 e.